The molecule has 0 spiro atoms. The van der Waals surface area contributed by atoms with Gasteiger partial charge in [0.15, 0.2) is 18.3 Å². The summed E-state index contributed by atoms with van der Waals surface area (Å²) < 4.78 is 12.3. The monoisotopic (exact) mass is 529 g/mol. The maximum Gasteiger partial charge on any atom is 0.276 e. The van der Waals surface area contributed by atoms with Gasteiger partial charge in [-0.1, -0.05) is 28.1 Å². The van der Waals surface area contributed by atoms with Gasteiger partial charge in [-0.05, 0) is 71.0 Å². The topological polar surface area (TPSA) is 88.7 Å². The summed E-state index contributed by atoms with van der Waals surface area (Å²) in [4.78, 5) is 23.6. The summed E-state index contributed by atoms with van der Waals surface area (Å²) in [6.07, 6.45) is 0. The number of rotatable bonds is 6. The molecule has 0 fully saturated rings. The normalized spacial score (nSPS) is 9.96. The van der Waals surface area contributed by atoms with E-state index in [1.807, 2.05) is 25.1 Å². The molecular weight excluding hydrogens is 514 g/mol. The maximum absolute atomic E-state index is 11.8. The van der Waals surface area contributed by atoms with Crippen molar-refractivity contribution in [1.29, 1.82) is 0 Å². The zero-order valence-electron chi connectivity index (χ0n) is 14.8. The third-order valence-electron chi connectivity index (χ3n) is 3.18. The Hall–Kier alpha value is -2.17. The van der Waals surface area contributed by atoms with E-state index in [0.29, 0.717) is 16.0 Å². The van der Waals surface area contributed by atoms with E-state index in [4.69, 9.17) is 21.7 Å². The molecule has 148 valence electrons. The molecule has 0 radical (unpaired) electrons. The van der Waals surface area contributed by atoms with Crippen molar-refractivity contribution in [1.82, 2.24) is 16.2 Å². The summed E-state index contributed by atoms with van der Waals surface area (Å²) in [5, 5.41) is 2.34. The zero-order chi connectivity index (χ0) is 20.5. The highest BCUT2D eigenvalue weighted by molar-refractivity contribution is 9.11. The number of hydrogen-bond donors (Lipinski definition) is 3. The smallest absolute Gasteiger partial charge is 0.276 e. The Balaban J connectivity index is 1.66. The van der Waals surface area contributed by atoms with Crippen molar-refractivity contribution < 1.29 is 19.1 Å². The number of carbonyl (C=O) groups excluding carboxylic acids is 2. The molecule has 0 atom stereocenters. The minimum atomic E-state index is -0.470. The number of nitrogens with one attached hydrogen (secondary N) is 3. The highest BCUT2D eigenvalue weighted by atomic mass is 79.9. The van der Waals surface area contributed by atoms with Crippen LogP contribution < -0.4 is 25.6 Å². The highest BCUT2D eigenvalue weighted by Crippen LogP contribution is 2.28. The number of amides is 2. The van der Waals surface area contributed by atoms with Crippen LogP contribution in [0.1, 0.15) is 5.56 Å². The van der Waals surface area contributed by atoms with Gasteiger partial charge in [-0.25, -0.2) is 0 Å². The second kappa shape index (κ2) is 11.0. The molecule has 10 heteroatoms. The largest absolute Gasteiger partial charge is 0.484 e. The van der Waals surface area contributed by atoms with Crippen molar-refractivity contribution in [2.24, 2.45) is 0 Å². The van der Waals surface area contributed by atoms with Crippen LogP contribution in [0.15, 0.2) is 51.4 Å². The lowest BCUT2D eigenvalue weighted by atomic mass is 10.2. The van der Waals surface area contributed by atoms with Gasteiger partial charge in [-0.15, -0.1) is 0 Å². The molecule has 3 N–H and O–H groups in total. The first kappa shape index (κ1) is 22.1. The van der Waals surface area contributed by atoms with Gasteiger partial charge >= 0.3 is 0 Å². The van der Waals surface area contributed by atoms with Gasteiger partial charge in [0.05, 0.1) is 4.47 Å². The lowest BCUT2D eigenvalue weighted by Crippen LogP contribution is -2.50. The second-order valence-electron chi connectivity index (χ2n) is 5.52. The summed E-state index contributed by atoms with van der Waals surface area (Å²) in [5.41, 5.74) is 5.78. The Morgan fingerprint density at radius 3 is 2.46 bits per heavy atom. The molecule has 0 saturated heterocycles. The fourth-order valence-electron chi connectivity index (χ4n) is 1.95. The highest BCUT2D eigenvalue weighted by Gasteiger charge is 2.09. The number of halogens is 2. The maximum atomic E-state index is 11.8. The van der Waals surface area contributed by atoms with Gasteiger partial charge in [0.1, 0.15) is 11.5 Å². The third-order valence-corrected chi connectivity index (χ3v) is 4.50. The molecule has 2 aromatic rings. The first-order valence-corrected chi connectivity index (χ1v) is 9.99. The minimum absolute atomic E-state index is 0.0592. The van der Waals surface area contributed by atoms with E-state index >= 15 is 0 Å². The average molecular weight is 531 g/mol. The molecule has 0 aromatic heterocycles. The summed E-state index contributed by atoms with van der Waals surface area (Å²) >= 11 is 11.6. The Kier molecular flexibility index (Phi) is 8.68. The molecular formula is C18H17Br2N3O4S. The van der Waals surface area contributed by atoms with Crippen molar-refractivity contribution >= 4 is 61.0 Å². The van der Waals surface area contributed by atoms with Crippen molar-refractivity contribution in [3.05, 3.63) is 57.0 Å². The molecule has 2 rings (SSSR count). The Morgan fingerprint density at radius 2 is 1.75 bits per heavy atom. The number of ether oxygens (including phenoxy) is 2. The number of thiocarbonyl (C=S) groups is 1. The third kappa shape index (κ3) is 7.83. The van der Waals surface area contributed by atoms with E-state index < -0.39 is 11.8 Å². The van der Waals surface area contributed by atoms with Crippen LogP contribution in [0.4, 0.5) is 0 Å². The minimum Gasteiger partial charge on any atom is -0.484 e. The Bertz CT molecular complexity index is 880. The Labute approximate surface area is 184 Å². The first-order chi connectivity index (χ1) is 13.3. The van der Waals surface area contributed by atoms with Crippen LogP contribution in [-0.4, -0.2) is 30.1 Å². The standard InChI is InChI=1S/C18H17Br2N3O4S/c1-11-3-2-4-13(7-11)26-9-16(24)21-18(28)23-22-17(25)10-27-15-6-5-12(19)8-14(15)20/h2-8H,9-10H2,1H3,(H,22,25)(H2,21,23,24,28). The number of hydrogen-bond acceptors (Lipinski definition) is 5. The number of benzene rings is 2. The molecule has 0 bridgehead atoms. The van der Waals surface area contributed by atoms with Gasteiger partial charge in [-0.3, -0.25) is 25.8 Å². The van der Waals surface area contributed by atoms with Crippen molar-refractivity contribution in [2.75, 3.05) is 13.2 Å². The lowest BCUT2D eigenvalue weighted by Gasteiger charge is -2.12. The van der Waals surface area contributed by atoms with Crippen molar-refractivity contribution in [3.8, 4) is 11.5 Å². The van der Waals surface area contributed by atoms with Crippen LogP contribution >= 0.6 is 44.1 Å². The predicted molar refractivity (Wildman–Crippen MR) is 116 cm³/mol. The average Bonchev–Trinajstić information content (AvgIpc) is 2.64. The van der Waals surface area contributed by atoms with Gasteiger partial charge in [0, 0.05) is 4.47 Å². The summed E-state index contributed by atoms with van der Waals surface area (Å²) in [5.74, 6) is 0.173. The molecule has 0 aliphatic carbocycles. The number of hydrazine groups is 1. The van der Waals surface area contributed by atoms with Gasteiger partial charge in [-0.2, -0.15) is 0 Å². The molecule has 0 saturated carbocycles. The molecule has 0 aliphatic rings. The molecule has 7 nitrogen and oxygen atoms in total. The zero-order valence-corrected chi connectivity index (χ0v) is 18.7. The Morgan fingerprint density at radius 1 is 1.00 bits per heavy atom. The second-order valence-corrected chi connectivity index (χ2v) is 7.70. The first-order valence-electron chi connectivity index (χ1n) is 7.99. The van der Waals surface area contributed by atoms with Crippen LogP contribution in [0.2, 0.25) is 0 Å². The molecule has 2 amide bonds. The van der Waals surface area contributed by atoms with E-state index in [1.165, 1.54) is 0 Å². The summed E-state index contributed by atoms with van der Waals surface area (Å²) in [6, 6.07) is 12.6. The van der Waals surface area contributed by atoms with Gasteiger partial charge in [0.25, 0.3) is 11.8 Å². The van der Waals surface area contributed by atoms with Crippen LogP contribution in [0, 0.1) is 6.92 Å². The lowest BCUT2D eigenvalue weighted by molar-refractivity contribution is -0.124. The molecule has 0 aliphatic heterocycles. The number of aryl methyl sites for hydroxylation is 1. The fourth-order valence-corrected chi connectivity index (χ4v) is 3.27. The van der Waals surface area contributed by atoms with Crippen molar-refractivity contribution in [3.63, 3.8) is 0 Å². The quantitative estimate of drug-likeness (QED) is 0.393. The van der Waals surface area contributed by atoms with E-state index in [-0.39, 0.29) is 18.3 Å². The summed E-state index contributed by atoms with van der Waals surface area (Å²) in [7, 11) is 0. The fraction of sp³-hybridized carbons (Fsp3) is 0.167. The molecule has 28 heavy (non-hydrogen) atoms. The molecule has 2 aromatic carbocycles. The predicted octanol–water partition coefficient (Wildman–Crippen LogP) is 3.00. The van der Waals surface area contributed by atoms with Crippen molar-refractivity contribution in [2.45, 2.75) is 6.92 Å². The molecule has 0 heterocycles. The van der Waals surface area contributed by atoms with Crippen LogP contribution in [-0.2, 0) is 9.59 Å². The number of carbonyl (C=O) groups is 2. The summed E-state index contributed by atoms with van der Waals surface area (Å²) in [6.45, 7) is 1.48. The van der Waals surface area contributed by atoms with E-state index in [9.17, 15) is 9.59 Å². The SMILES string of the molecule is Cc1cccc(OCC(=O)NC(=S)NNC(=O)COc2ccc(Br)cc2Br)c1. The van der Waals surface area contributed by atoms with Crippen LogP contribution in [0.3, 0.4) is 0 Å². The van der Waals surface area contributed by atoms with E-state index in [0.717, 1.165) is 10.0 Å². The van der Waals surface area contributed by atoms with E-state index in [2.05, 4.69) is 48.0 Å². The molecule has 0 unspecified atom stereocenters. The van der Waals surface area contributed by atoms with Gasteiger partial charge in [0.2, 0.25) is 0 Å². The van der Waals surface area contributed by atoms with Crippen LogP contribution in [0.25, 0.3) is 0 Å². The van der Waals surface area contributed by atoms with Gasteiger partial charge < -0.3 is 9.47 Å². The van der Waals surface area contributed by atoms with Crippen LogP contribution in [0.5, 0.6) is 11.5 Å². The van der Waals surface area contributed by atoms with E-state index in [1.54, 1.807) is 24.3 Å².